The van der Waals surface area contributed by atoms with E-state index in [-0.39, 0.29) is 31.1 Å². The van der Waals surface area contributed by atoms with E-state index in [4.69, 9.17) is 16.0 Å². The van der Waals surface area contributed by atoms with E-state index in [2.05, 4.69) is 4.85 Å². The van der Waals surface area contributed by atoms with Crippen molar-refractivity contribution < 1.29 is 22.6 Å². The molecule has 0 spiro atoms. The van der Waals surface area contributed by atoms with Crippen LogP contribution in [0.3, 0.4) is 0 Å². The van der Waals surface area contributed by atoms with Gasteiger partial charge < -0.3 is 14.0 Å². The second kappa shape index (κ2) is 9.04. The van der Waals surface area contributed by atoms with Crippen LogP contribution in [-0.4, -0.2) is 24.6 Å². The van der Waals surface area contributed by atoms with Gasteiger partial charge in [0.15, 0.2) is 0 Å². The van der Waals surface area contributed by atoms with E-state index in [1.807, 2.05) is 6.92 Å². The monoisotopic (exact) mass is 394 g/mol. The highest BCUT2D eigenvalue weighted by Crippen LogP contribution is 2.37. The molecule has 0 radical (unpaired) electrons. The molecule has 0 aliphatic carbocycles. The van der Waals surface area contributed by atoms with E-state index in [0.29, 0.717) is 5.56 Å². The van der Waals surface area contributed by atoms with Gasteiger partial charge in [-0.1, -0.05) is 37.3 Å². The highest BCUT2D eigenvalue weighted by Gasteiger charge is 2.36. The van der Waals surface area contributed by atoms with Gasteiger partial charge in [-0.3, -0.25) is 4.79 Å². The molecule has 2 atom stereocenters. The van der Waals surface area contributed by atoms with Crippen LogP contribution >= 0.6 is 0 Å². The van der Waals surface area contributed by atoms with Crippen molar-refractivity contribution in [1.29, 1.82) is 0 Å². The summed E-state index contributed by atoms with van der Waals surface area (Å²) < 4.78 is 51.9. The van der Waals surface area contributed by atoms with Crippen molar-refractivity contribution in [2.45, 2.75) is 32.7 Å². The molecule has 0 fully saturated rings. The number of nitrogens with zero attached hydrogens (tertiary/aromatic N) is 2. The zero-order valence-corrected chi connectivity index (χ0v) is 15.8. The molecule has 1 aromatic heterocycles. The molecule has 1 aromatic carbocycles. The maximum Gasteiger partial charge on any atom is 0.407 e. The third kappa shape index (κ3) is 4.80. The van der Waals surface area contributed by atoms with Crippen LogP contribution in [0.15, 0.2) is 41.2 Å². The molecule has 0 saturated carbocycles. The molecule has 0 N–H and O–H groups in total. The summed E-state index contributed by atoms with van der Waals surface area (Å²) in [5, 5.41) is 0. The molecular formula is C20H21F3N2O3. The summed E-state index contributed by atoms with van der Waals surface area (Å²) in [6, 6.07) is 9.20. The minimum Gasteiger partial charge on any atom is -0.359 e. The Kier molecular flexibility index (Phi) is 7.00. The fourth-order valence-corrected chi connectivity index (χ4v) is 2.76. The van der Waals surface area contributed by atoms with Crippen molar-refractivity contribution in [1.82, 2.24) is 4.57 Å². The maximum atomic E-state index is 13.4. The van der Waals surface area contributed by atoms with Gasteiger partial charge in [0.05, 0.1) is 18.2 Å². The fraction of sp³-hybridized carbons (Fsp3) is 0.400. The lowest BCUT2D eigenvalue weighted by molar-refractivity contribution is -0.137. The van der Waals surface area contributed by atoms with Crippen molar-refractivity contribution in [2.24, 2.45) is 5.92 Å². The quantitative estimate of drug-likeness (QED) is 0.504. The maximum absolute atomic E-state index is 13.4. The first-order valence-electron chi connectivity index (χ1n) is 8.59. The summed E-state index contributed by atoms with van der Waals surface area (Å²) in [7, 11) is 1.48. The topological polar surface area (TPSA) is 44.8 Å². The van der Waals surface area contributed by atoms with Crippen LogP contribution in [0.5, 0.6) is 0 Å². The third-order valence-electron chi connectivity index (χ3n) is 4.48. The lowest BCUT2D eigenvalue weighted by atomic mass is 10.0. The molecule has 2 rings (SSSR count). The van der Waals surface area contributed by atoms with Gasteiger partial charge >= 0.3 is 6.18 Å². The molecule has 0 aliphatic rings. The smallest absolute Gasteiger partial charge is 0.359 e. The molecule has 0 aliphatic heterocycles. The summed E-state index contributed by atoms with van der Waals surface area (Å²) in [4.78, 5) is 15.7. The Balaban J connectivity index is 2.63. The number of pyridine rings is 1. The summed E-state index contributed by atoms with van der Waals surface area (Å²) >= 11 is 0. The zero-order valence-electron chi connectivity index (χ0n) is 15.8. The molecule has 2 aromatic rings. The van der Waals surface area contributed by atoms with Gasteiger partial charge in [0, 0.05) is 25.3 Å². The van der Waals surface area contributed by atoms with Gasteiger partial charge in [-0.25, -0.2) is 4.85 Å². The number of halogens is 3. The Bertz CT molecular complexity index is 902. The van der Waals surface area contributed by atoms with Gasteiger partial charge in [0.25, 0.3) is 11.2 Å². The average molecular weight is 394 g/mol. The third-order valence-corrected chi connectivity index (χ3v) is 4.48. The first-order valence-corrected chi connectivity index (χ1v) is 8.59. The molecule has 5 nitrogen and oxygen atoms in total. The van der Waals surface area contributed by atoms with Crippen LogP contribution < -0.4 is 5.56 Å². The average Bonchev–Trinajstić information content (AvgIpc) is 2.66. The summed E-state index contributed by atoms with van der Waals surface area (Å²) in [5.74, 6) is -0.217. The normalized spacial score (nSPS) is 13.8. The van der Waals surface area contributed by atoms with E-state index >= 15 is 0 Å². The van der Waals surface area contributed by atoms with Crippen molar-refractivity contribution >= 4 is 5.69 Å². The number of benzene rings is 1. The van der Waals surface area contributed by atoms with E-state index in [9.17, 15) is 18.0 Å². The van der Waals surface area contributed by atoms with Crippen molar-refractivity contribution in [3.8, 4) is 11.3 Å². The highest BCUT2D eigenvalue weighted by molar-refractivity contribution is 5.65. The molecule has 150 valence electrons. The van der Waals surface area contributed by atoms with Gasteiger partial charge in [0.2, 0.25) is 0 Å². The second-order valence-electron chi connectivity index (χ2n) is 6.44. The Labute approximate surface area is 161 Å². The van der Waals surface area contributed by atoms with E-state index < -0.39 is 23.0 Å². The van der Waals surface area contributed by atoms with Gasteiger partial charge in [-0.15, -0.1) is 0 Å². The first-order chi connectivity index (χ1) is 13.2. The molecule has 2 unspecified atom stereocenters. The van der Waals surface area contributed by atoms with Crippen molar-refractivity contribution in [2.75, 3.05) is 13.9 Å². The number of methoxy groups -OCH3 is 1. The molecule has 28 heavy (non-hydrogen) atoms. The van der Waals surface area contributed by atoms with Crippen LogP contribution in [0.1, 0.15) is 19.4 Å². The van der Waals surface area contributed by atoms with Crippen LogP contribution in [0.25, 0.3) is 16.1 Å². The summed E-state index contributed by atoms with van der Waals surface area (Å²) in [5.41, 5.74) is -2.55. The molecule has 0 amide bonds. The number of hydrogen-bond donors (Lipinski definition) is 0. The Morgan fingerprint density at radius 1 is 1.21 bits per heavy atom. The van der Waals surface area contributed by atoms with Crippen molar-refractivity contribution in [3.63, 3.8) is 0 Å². The van der Waals surface area contributed by atoms with Gasteiger partial charge in [-0.2, -0.15) is 13.2 Å². The largest absolute Gasteiger partial charge is 0.407 e. The van der Waals surface area contributed by atoms with Crippen molar-refractivity contribution in [3.05, 3.63) is 63.7 Å². The molecule has 0 saturated heterocycles. The highest BCUT2D eigenvalue weighted by atomic mass is 19.4. The minimum atomic E-state index is -4.80. The fourth-order valence-electron chi connectivity index (χ4n) is 2.76. The van der Waals surface area contributed by atoms with Gasteiger partial charge in [-0.05, 0) is 18.6 Å². The Morgan fingerprint density at radius 2 is 1.86 bits per heavy atom. The molecular weight excluding hydrogens is 373 g/mol. The minimum absolute atomic E-state index is 0.0618. The zero-order chi connectivity index (χ0) is 20.9. The predicted octanol–water partition coefficient (Wildman–Crippen LogP) is 4.73. The number of ether oxygens (including phenoxy) is 2. The predicted molar refractivity (Wildman–Crippen MR) is 99.0 cm³/mol. The van der Waals surface area contributed by atoms with E-state index in [0.717, 1.165) is 6.07 Å². The summed E-state index contributed by atoms with van der Waals surface area (Å²) in [6.07, 6.45) is -5.11. The summed E-state index contributed by atoms with van der Waals surface area (Å²) in [6.45, 7) is 10.9. The lowest BCUT2D eigenvalue weighted by Crippen LogP contribution is -2.31. The van der Waals surface area contributed by atoms with E-state index in [1.165, 1.54) is 11.7 Å². The Hall–Kier alpha value is -2.63. The van der Waals surface area contributed by atoms with Crippen LogP contribution in [-0.2, 0) is 22.2 Å². The van der Waals surface area contributed by atoms with Crippen LogP contribution in [0.2, 0.25) is 0 Å². The van der Waals surface area contributed by atoms with Gasteiger partial charge in [0.1, 0.15) is 6.79 Å². The Morgan fingerprint density at radius 3 is 2.39 bits per heavy atom. The lowest BCUT2D eigenvalue weighted by Gasteiger charge is -2.24. The van der Waals surface area contributed by atoms with Crippen LogP contribution in [0, 0.1) is 12.5 Å². The number of alkyl halides is 3. The first kappa shape index (κ1) is 21.7. The standard InChI is InChI=1S/C20H21F3N2O3/c1-13(14(2)28-12-27-4)11-25-17(15-8-6-5-7-9-15)10-16(20(21,22)23)18(24-3)19(25)26/h5-10,13-14H,11-12H2,1-2,4H3. The number of rotatable bonds is 7. The van der Waals surface area contributed by atoms with Crippen LogP contribution in [0.4, 0.5) is 18.9 Å². The number of aromatic nitrogens is 1. The molecule has 0 bridgehead atoms. The molecule has 1 heterocycles. The molecule has 8 heteroatoms. The number of hydrogen-bond acceptors (Lipinski definition) is 3. The second-order valence-corrected chi connectivity index (χ2v) is 6.44. The SMILES string of the molecule is [C-]#[N+]c1c(C(F)(F)F)cc(-c2ccccc2)n(CC(C)C(C)OCOC)c1=O. The van der Waals surface area contributed by atoms with E-state index in [1.54, 1.807) is 37.3 Å².